The molecule has 0 aliphatic carbocycles. The third-order valence-corrected chi connectivity index (χ3v) is 2.60. The molecule has 1 amide bonds. The number of nitrogens with two attached hydrogens (primary N) is 1. The topological polar surface area (TPSA) is 66.6 Å². The molecular weight excluding hydrogens is 228 g/mol. The zero-order valence-corrected chi connectivity index (χ0v) is 10.0. The van der Waals surface area contributed by atoms with Gasteiger partial charge >= 0.3 is 0 Å². The van der Waals surface area contributed by atoms with E-state index in [0.29, 0.717) is 10.6 Å². The predicted molar refractivity (Wildman–Crippen MR) is 64.6 cm³/mol. The highest BCUT2D eigenvalue weighted by Crippen LogP contribution is 2.27. The van der Waals surface area contributed by atoms with Crippen molar-refractivity contribution in [2.24, 2.45) is 5.73 Å². The lowest BCUT2D eigenvalue weighted by molar-refractivity contribution is -0.116. The number of hydrogen-bond acceptors (Lipinski definition) is 3. The quantitative estimate of drug-likeness (QED) is 0.837. The van der Waals surface area contributed by atoms with Gasteiger partial charge in [0.15, 0.2) is 0 Å². The molecule has 5 heteroatoms. The zero-order valence-electron chi connectivity index (χ0n) is 9.27. The van der Waals surface area contributed by atoms with Crippen LogP contribution >= 0.6 is 11.6 Å². The maximum Gasteiger partial charge on any atom is 0.236 e. The number of nitrogens with zero attached hydrogens (tertiary/aromatic N) is 1. The number of aliphatic hydroxyl groups is 1. The summed E-state index contributed by atoms with van der Waals surface area (Å²) in [7, 11) is 1.75. The summed E-state index contributed by atoms with van der Waals surface area (Å²) in [5, 5.41) is 9.88. The minimum Gasteiger partial charge on any atom is -0.389 e. The van der Waals surface area contributed by atoms with Crippen molar-refractivity contribution >= 4 is 23.2 Å². The number of halogens is 1. The van der Waals surface area contributed by atoms with Crippen molar-refractivity contribution in [2.45, 2.75) is 13.0 Å². The van der Waals surface area contributed by atoms with Gasteiger partial charge in [-0.2, -0.15) is 0 Å². The second kappa shape index (κ2) is 5.18. The first kappa shape index (κ1) is 12.8. The number of carbonyl (C=O) groups excluding carboxylic acids is 1. The van der Waals surface area contributed by atoms with E-state index in [0.717, 1.165) is 5.69 Å². The van der Waals surface area contributed by atoms with Gasteiger partial charge in [-0.25, -0.2) is 0 Å². The van der Waals surface area contributed by atoms with Crippen LogP contribution in [-0.2, 0) is 4.79 Å². The van der Waals surface area contributed by atoms with Crippen LogP contribution in [-0.4, -0.2) is 24.6 Å². The van der Waals surface area contributed by atoms with Crippen LogP contribution in [0.15, 0.2) is 18.2 Å². The smallest absolute Gasteiger partial charge is 0.236 e. The Morgan fingerprint density at radius 1 is 1.62 bits per heavy atom. The second-order valence-electron chi connectivity index (χ2n) is 3.70. The van der Waals surface area contributed by atoms with Crippen molar-refractivity contribution < 1.29 is 9.90 Å². The molecule has 0 heterocycles. The summed E-state index contributed by atoms with van der Waals surface area (Å²) >= 11 is 6.00. The van der Waals surface area contributed by atoms with E-state index < -0.39 is 12.0 Å². The van der Waals surface area contributed by atoms with Gasteiger partial charge < -0.3 is 15.7 Å². The molecule has 0 spiro atoms. The fourth-order valence-electron chi connectivity index (χ4n) is 1.42. The fraction of sp³-hybridized carbons (Fsp3) is 0.364. The molecule has 1 aromatic rings. The van der Waals surface area contributed by atoms with Gasteiger partial charge in [0.1, 0.15) is 0 Å². The van der Waals surface area contributed by atoms with Crippen LogP contribution in [0.5, 0.6) is 0 Å². The second-order valence-corrected chi connectivity index (χ2v) is 4.11. The minimum absolute atomic E-state index is 0.129. The predicted octanol–water partition coefficient (Wildman–Crippen LogP) is 1.31. The average Bonchev–Trinajstić information content (AvgIpc) is 2.15. The van der Waals surface area contributed by atoms with Crippen molar-refractivity contribution in [3.8, 4) is 0 Å². The van der Waals surface area contributed by atoms with Gasteiger partial charge in [0.25, 0.3) is 0 Å². The molecular formula is C11H15ClN2O2. The summed E-state index contributed by atoms with van der Waals surface area (Å²) in [5.41, 5.74) is 6.54. The van der Waals surface area contributed by atoms with Crippen LogP contribution in [0.3, 0.4) is 0 Å². The molecule has 1 unspecified atom stereocenters. The molecule has 0 saturated heterocycles. The number of anilines is 1. The van der Waals surface area contributed by atoms with Crippen molar-refractivity contribution in [3.05, 3.63) is 28.8 Å². The lowest BCUT2D eigenvalue weighted by Crippen LogP contribution is -2.30. The first-order valence-corrected chi connectivity index (χ1v) is 5.26. The molecule has 1 aromatic carbocycles. The maximum atomic E-state index is 10.8. The summed E-state index contributed by atoms with van der Waals surface area (Å²) < 4.78 is 0. The van der Waals surface area contributed by atoms with Gasteiger partial charge in [0, 0.05) is 17.8 Å². The zero-order chi connectivity index (χ0) is 12.3. The van der Waals surface area contributed by atoms with E-state index in [2.05, 4.69) is 0 Å². The molecule has 0 bridgehead atoms. The highest BCUT2D eigenvalue weighted by atomic mass is 35.5. The van der Waals surface area contributed by atoms with E-state index in [1.165, 1.54) is 0 Å². The number of primary amides is 1. The largest absolute Gasteiger partial charge is 0.389 e. The molecule has 1 atom stereocenters. The normalized spacial score (nSPS) is 12.2. The van der Waals surface area contributed by atoms with Crippen LogP contribution in [0, 0.1) is 0 Å². The molecule has 4 nitrogen and oxygen atoms in total. The molecule has 0 saturated carbocycles. The van der Waals surface area contributed by atoms with Crippen LogP contribution in [0.2, 0.25) is 5.02 Å². The van der Waals surface area contributed by atoms with Gasteiger partial charge in [0.2, 0.25) is 5.91 Å². The Morgan fingerprint density at radius 2 is 2.25 bits per heavy atom. The molecule has 3 N–H and O–H groups in total. The lowest BCUT2D eigenvalue weighted by atomic mass is 10.1. The van der Waals surface area contributed by atoms with Crippen molar-refractivity contribution in [1.82, 2.24) is 0 Å². The number of carbonyl (C=O) groups is 1. The Balaban J connectivity index is 2.92. The maximum absolute atomic E-state index is 10.8. The monoisotopic (exact) mass is 242 g/mol. The summed E-state index contributed by atoms with van der Waals surface area (Å²) in [4.78, 5) is 12.4. The molecule has 0 aliphatic heterocycles. The Hall–Kier alpha value is -1.26. The summed E-state index contributed by atoms with van der Waals surface area (Å²) in [6.45, 7) is 1.78. The van der Waals surface area contributed by atoms with Crippen molar-refractivity contribution in [1.29, 1.82) is 0 Å². The van der Waals surface area contributed by atoms with Crippen LogP contribution in [0.25, 0.3) is 0 Å². The Kier molecular flexibility index (Phi) is 4.15. The van der Waals surface area contributed by atoms with Crippen LogP contribution in [0.4, 0.5) is 5.69 Å². The van der Waals surface area contributed by atoms with E-state index >= 15 is 0 Å². The standard InChI is InChI=1S/C11H15ClN2O2/c1-7(15)9-4-3-8(5-10(9)12)14(2)6-11(13)16/h3-5,7,15H,6H2,1-2H3,(H2,13,16). The summed E-state index contributed by atoms with van der Waals surface area (Å²) in [6.07, 6.45) is -0.608. The van der Waals surface area contributed by atoms with Gasteiger partial charge in [-0.05, 0) is 24.6 Å². The van der Waals surface area contributed by atoms with Gasteiger partial charge in [0.05, 0.1) is 12.6 Å². The molecule has 0 radical (unpaired) electrons. The Morgan fingerprint density at radius 3 is 2.69 bits per heavy atom. The molecule has 16 heavy (non-hydrogen) atoms. The van der Waals surface area contributed by atoms with Crippen molar-refractivity contribution in [3.63, 3.8) is 0 Å². The Labute approximate surface area is 99.6 Å². The van der Waals surface area contributed by atoms with Crippen molar-refractivity contribution in [2.75, 3.05) is 18.5 Å². The minimum atomic E-state index is -0.608. The number of hydrogen-bond donors (Lipinski definition) is 2. The number of likely N-dealkylation sites (N-methyl/N-ethyl adjacent to an activating group) is 1. The highest BCUT2D eigenvalue weighted by Gasteiger charge is 2.10. The Bertz CT molecular complexity index is 394. The molecule has 0 aliphatic rings. The van der Waals surface area contributed by atoms with Gasteiger partial charge in [-0.15, -0.1) is 0 Å². The first-order valence-electron chi connectivity index (χ1n) is 4.88. The van der Waals surface area contributed by atoms with E-state index in [1.807, 2.05) is 0 Å². The summed E-state index contributed by atoms with van der Waals surface area (Å²) in [5.74, 6) is -0.404. The first-order chi connectivity index (χ1) is 7.41. The summed E-state index contributed by atoms with van der Waals surface area (Å²) in [6, 6.07) is 5.23. The van der Waals surface area contributed by atoms with Gasteiger partial charge in [-0.3, -0.25) is 4.79 Å². The highest BCUT2D eigenvalue weighted by molar-refractivity contribution is 6.31. The molecule has 0 fully saturated rings. The van der Waals surface area contributed by atoms with E-state index in [9.17, 15) is 9.90 Å². The third-order valence-electron chi connectivity index (χ3n) is 2.27. The third kappa shape index (κ3) is 3.12. The molecule has 88 valence electrons. The number of rotatable bonds is 4. The number of aliphatic hydroxyl groups excluding tert-OH is 1. The molecule has 0 aromatic heterocycles. The molecule has 1 rings (SSSR count). The van der Waals surface area contributed by atoms with E-state index in [4.69, 9.17) is 17.3 Å². The fourth-order valence-corrected chi connectivity index (χ4v) is 1.75. The van der Waals surface area contributed by atoms with Crippen LogP contribution in [0.1, 0.15) is 18.6 Å². The lowest BCUT2D eigenvalue weighted by Gasteiger charge is -2.18. The SMILES string of the molecule is CC(O)c1ccc(N(C)CC(N)=O)cc1Cl. The van der Waals surface area contributed by atoms with Gasteiger partial charge in [-0.1, -0.05) is 17.7 Å². The van der Waals surface area contributed by atoms with E-state index in [1.54, 1.807) is 37.1 Å². The number of benzene rings is 1. The average molecular weight is 243 g/mol. The number of amides is 1. The van der Waals surface area contributed by atoms with E-state index in [-0.39, 0.29) is 6.54 Å². The van der Waals surface area contributed by atoms with Crippen LogP contribution < -0.4 is 10.6 Å².